The molecular weight excluding hydrogens is 366 g/mol. The van der Waals surface area contributed by atoms with Crippen molar-refractivity contribution in [3.8, 4) is 5.75 Å². The Morgan fingerprint density at radius 2 is 1.74 bits per heavy atom. The second-order valence-corrected chi connectivity index (χ2v) is 7.59. The summed E-state index contributed by atoms with van der Waals surface area (Å²) in [5.74, 6) is -0.283. The number of carbonyl (C=O) groups is 1. The molecule has 0 aliphatic rings. The maximum atomic E-state index is 13.0. The predicted octanol–water partition coefficient (Wildman–Crippen LogP) is 2.93. The van der Waals surface area contributed by atoms with Crippen LogP contribution in [0.5, 0.6) is 5.75 Å². The molecular formula is C19H21N3O4S. The van der Waals surface area contributed by atoms with Gasteiger partial charge in [-0.15, -0.1) is 4.79 Å². The van der Waals surface area contributed by atoms with Crippen LogP contribution in [0.4, 0.5) is 5.69 Å². The van der Waals surface area contributed by atoms with E-state index in [0.717, 1.165) is 6.42 Å². The summed E-state index contributed by atoms with van der Waals surface area (Å²) in [7, 11) is -2.73. The monoisotopic (exact) mass is 387 g/mol. The lowest BCUT2D eigenvalue weighted by molar-refractivity contribution is -0.116. The molecule has 0 spiro atoms. The van der Waals surface area contributed by atoms with Crippen LogP contribution >= 0.6 is 0 Å². The minimum absolute atomic E-state index is 0.115. The zero-order valence-corrected chi connectivity index (χ0v) is 16.0. The highest BCUT2D eigenvalue weighted by atomic mass is 32.2. The lowest BCUT2D eigenvalue weighted by atomic mass is 10.2. The summed E-state index contributed by atoms with van der Waals surface area (Å²) in [6, 6.07) is 14.0. The van der Waals surface area contributed by atoms with Gasteiger partial charge in [-0.3, -0.25) is 4.79 Å². The van der Waals surface area contributed by atoms with E-state index in [4.69, 9.17) is 4.74 Å². The van der Waals surface area contributed by atoms with E-state index in [1.54, 1.807) is 30.3 Å². The van der Waals surface area contributed by atoms with Crippen LogP contribution in [-0.2, 0) is 14.6 Å². The lowest BCUT2D eigenvalue weighted by Crippen LogP contribution is -2.41. The first kappa shape index (κ1) is 20.4. The van der Waals surface area contributed by atoms with E-state index in [2.05, 4.69) is 4.79 Å². The van der Waals surface area contributed by atoms with E-state index in [0.29, 0.717) is 17.9 Å². The molecule has 0 bridgehead atoms. The van der Waals surface area contributed by atoms with Crippen LogP contribution in [-0.4, -0.2) is 37.8 Å². The standard InChI is InChI=1S/C19H21N3O4S/c1-3-4-14-22(15-10-12-16(26-2)13-11-15)19(23)18(21-20)27(24,25)17-8-6-5-7-9-17/h5-13H,3-4,14H2,1-2H3. The van der Waals surface area contributed by atoms with Gasteiger partial charge < -0.3 is 15.2 Å². The van der Waals surface area contributed by atoms with Gasteiger partial charge in [0.1, 0.15) is 5.75 Å². The molecule has 2 aromatic carbocycles. The van der Waals surface area contributed by atoms with Crippen LogP contribution in [0.1, 0.15) is 19.8 Å². The van der Waals surface area contributed by atoms with Crippen LogP contribution in [0.25, 0.3) is 5.53 Å². The number of amides is 1. The maximum Gasteiger partial charge on any atom is 0.473 e. The number of sulfone groups is 1. The SMILES string of the molecule is CCCCN(C(=O)C(=[N+]=[N-])S(=O)(=O)c1ccccc1)c1ccc(OC)cc1. The van der Waals surface area contributed by atoms with Gasteiger partial charge in [-0.1, -0.05) is 31.5 Å². The summed E-state index contributed by atoms with van der Waals surface area (Å²) < 4.78 is 30.6. The van der Waals surface area contributed by atoms with Crippen molar-refractivity contribution in [1.82, 2.24) is 0 Å². The highest BCUT2D eigenvalue weighted by Gasteiger charge is 2.40. The van der Waals surface area contributed by atoms with Crippen molar-refractivity contribution in [3.05, 3.63) is 60.1 Å². The van der Waals surface area contributed by atoms with E-state index in [1.807, 2.05) is 6.92 Å². The van der Waals surface area contributed by atoms with Crippen LogP contribution in [0, 0.1) is 0 Å². The van der Waals surface area contributed by atoms with Gasteiger partial charge in [-0.2, -0.15) is 0 Å². The molecule has 0 saturated carbocycles. The molecule has 0 aromatic heterocycles. The smallest absolute Gasteiger partial charge is 0.473 e. The van der Waals surface area contributed by atoms with Crippen LogP contribution < -0.4 is 9.64 Å². The minimum Gasteiger partial charge on any atom is -0.497 e. The van der Waals surface area contributed by atoms with Gasteiger partial charge in [0.05, 0.1) is 12.0 Å². The molecule has 0 unspecified atom stereocenters. The van der Waals surface area contributed by atoms with E-state index >= 15 is 0 Å². The fourth-order valence-corrected chi connectivity index (χ4v) is 3.65. The summed E-state index contributed by atoms with van der Waals surface area (Å²) in [4.78, 5) is 17.0. The van der Waals surface area contributed by atoms with Crippen LogP contribution in [0.15, 0.2) is 59.5 Å². The highest BCUT2D eigenvalue weighted by molar-refractivity contribution is 8.08. The molecule has 0 fully saturated rings. The molecule has 0 atom stereocenters. The summed E-state index contributed by atoms with van der Waals surface area (Å²) in [6.45, 7) is 2.24. The Kier molecular flexibility index (Phi) is 6.87. The van der Waals surface area contributed by atoms with Crippen molar-refractivity contribution in [1.29, 1.82) is 0 Å². The first-order valence-electron chi connectivity index (χ1n) is 8.43. The molecule has 0 N–H and O–H groups in total. The fraction of sp³-hybridized carbons (Fsp3) is 0.263. The third kappa shape index (κ3) is 4.61. The molecule has 0 aliphatic heterocycles. The zero-order valence-electron chi connectivity index (χ0n) is 15.2. The summed E-state index contributed by atoms with van der Waals surface area (Å²) >= 11 is 0. The predicted molar refractivity (Wildman–Crippen MR) is 103 cm³/mol. The Balaban J connectivity index is 2.44. The third-order valence-corrected chi connectivity index (χ3v) is 5.60. The Morgan fingerprint density at radius 1 is 1.11 bits per heavy atom. The largest absolute Gasteiger partial charge is 0.497 e. The average molecular weight is 387 g/mol. The molecule has 0 aliphatic carbocycles. The lowest BCUT2D eigenvalue weighted by Gasteiger charge is -2.20. The van der Waals surface area contributed by atoms with E-state index in [9.17, 15) is 18.7 Å². The van der Waals surface area contributed by atoms with Crippen molar-refractivity contribution >= 4 is 26.5 Å². The van der Waals surface area contributed by atoms with Crippen molar-refractivity contribution in [2.24, 2.45) is 0 Å². The second kappa shape index (κ2) is 9.12. The summed E-state index contributed by atoms with van der Waals surface area (Å²) in [5, 5.41) is -0.916. The number of anilines is 1. The Bertz CT molecular complexity index is 935. The summed E-state index contributed by atoms with van der Waals surface area (Å²) in [5.41, 5.74) is 9.82. The molecule has 142 valence electrons. The second-order valence-electron chi connectivity index (χ2n) is 5.73. The number of hydrogen-bond acceptors (Lipinski definition) is 4. The van der Waals surface area contributed by atoms with Crippen LogP contribution in [0.2, 0.25) is 0 Å². The number of benzene rings is 2. The molecule has 0 heterocycles. The molecule has 8 heteroatoms. The average Bonchev–Trinajstić information content (AvgIpc) is 2.69. The van der Waals surface area contributed by atoms with E-state index in [1.165, 1.54) is 36.3 Å². The fourth-order valence-electron chi connectivity index (χ4n) is 2.46. The minimum atomic E-state index is -4.26. The van der Waals surface area contributed by atoms with Gasteiger partial charge >= 0.3 is 11.0 Å². The Hall–Kier alpha value is -2.96. The van der Waals surface area contributed by atoms with Crippen molar-refractivity contribution in [3.63, 3.8) is 0 Å². The molecule has 2 rings (SSSR count). The topological polar surface area (TPSA) is 100 Å². The number of unbranched alkanes of at least 4 members (excludes halogenated alkanes) is 1. The zero-order chi connectivity index (χ0) is 19.9. The number of methoxy groups -OCH3 is 1. The van der Waals surface area contributed by atoms with E-state index < -0.39 is 20.8 Å². The van der Waals surface area contributed by atoms with Crippen molar-refractivity contribution in [2.75, 3.05) is 18.6 Å². The van der Waals surface area contributed by atoms with Gasteiger partial charge in [0.15, 0.2) is 0 Å². The number of rotatable bonds is 6. The van der Waals surface area contributed by atoms with Gasteiger partial charge in [0.25, 0.3) is 9.84 Å². The molecule has 0 radical (unpaired) electrons. The quantitative estimate of drug-likeness (QED) is 0.329. The Labute approximate surface area is 158 Å². The van der Waals surface area contributed by atoms with Gasteiger partial charge in [0, 0.05) is 12.2 Å². The third-order valence-electron chi connectivity index (χ3n) is 3.95. The Morgan fingerprint density at radius 3 is 2.26 bits per heavy atom. The van der Waals surface area contributed by atoms with Crippen molar-refractivity contribution in [2.45, 2.75) is 24.7 Å². The van der Waals surface area contributed by atoms with Gasteiger partial charge in [-0.05, 0) is 42.8 Å². The number of nitrogens with zero attached hydrogens (tertiary/aromatic N) is 3. The normalized spacial score (nSPS) is 10.7. The first-order valence-corrected chi connectivity index (χ1v) is 9.92. The van der Waals surface area contributed by atoms with Gasteiger partial charge in [-0.25, -0.2) is 8.42 Å². The molecule has 0 saturated heterocycles. The molecule has 1 amide bonds. The van der Waals surface area contributed by atoms with Gasteiger partial charge in [0.2, 0.25) is 0 Å². The number of hydrogen-bond donors (Lipinski definition) is 0. The highest BCUT2D eigenvalue weighted by Crippen LogP contribution is 2.22. The van der Waals surface area contributed by atoms with E-state index in [-0.39, 0.29) is 11.4 Å². The molecule has 27 heavy (non-hydrogen) atoms. The maximum absolute atomic E-state index is 13.0. The molecule has 7 nitrogen and oxygen atoms in total. The number of carbonyl (C=O) groups excluding carboxylic acids is 1. The summed E-state index contributed by atoms with van der Waals surface area (Å²) in [6.07, 6.45) is 1.46. The first-order chi connectivity index (χ1) is 13.0. The van der Waals surface area contributed by atoms with Crippen LogP contribution in [0.3, 0.4) is 0 Å². The number of ether oxygens (including phenoxy) is 1. The molecule has 2 aromatic rings. The van der Waals surface area contributed by atoms with Crippen molar-refractivity contribution < 1.29 is 22.7 Å².